The van der Waals surface area contributed by atoms with E-state index in [2.05, 4.69) is 26.5 Å². The van der Waals surface area contributed by atoms with Crippen molar-refractivity contribution in [3.63, 3.8) is 0 Å². The maximum atomic E-state index is 11.6. The molecule has 1 amide bonds. The molecule has 1 N–H and O–H groups in total. The number of amides is 1. The molecule has 122 valence electrons. The van der Waals surface area contributed by atoms with Crippen LogP contribution in [0.25, 0.3) is 0 Å². The second-order valence-electron chi connectivity index (χ2n) is 4.46. The summed E-state index contributed by atoms with van der Waals surface area (Å²) in [7, 11) is 0. The lowest BCUT2D eigenvalue weighted by Crippen LogP contribution is -2.17. The first-order chi connectivity index (χ1) is 11.0. The molecule has 2 aromatic rings. The Bertz CT molecular complexity index is 707. The number of ether oxygens (including phenoxy) is 1. The zero-order chi connectivity index (χ0) is 16.7. The maximum absolute atomic E-state index is 11.6. The summed E-state index contributed by atoms with van der Waals surface area (Å²) in [6.45, 7) is 0.385. The second-order valence-corrected chi connectivity index (χ2v) is 7.80. The van der Waals surface area contributed by atoms with E-state index in [4.69, 9.17) is 27.9 Å². The summed E-state index contributed by atoms with van der Waals surface area (Å²) in [6.07, 6.45) is 2.48. The lowest BCUT2D eigenvalue weighted by atomic mass is 10.3. The molecule has 0 atom stereocenters. The third kappa shape index (κ3) is 6.51. The van der Waals surface area contributed by atoms with E-state index in [-0.39, 0.29) is 5.91 Å². The zero-order valence-corrected chi connectivity index (χ0v) is 15.8. The smallest absolute Gasteiger partial charge is 0.240 e. The van der Waals surface area contributed by atoms with E-state index in [0.717, 1.165) is 8.66 Å². The van der Waals surface area contributed by atoms with Crippen LogP contribution in [0, 0.1) is 0 Å². The van der Waals surface area contributed by atoms with Crippen LogP contribution < -0.4 is 10.2 Å². The van der Waals surface area contributed by atoms with Crippen molar-refractivity contribution >= 4 is 62.6 Å². The lowest BCUT2D eigenvalue weighted by Gasteiger charge is -2.07. The summed E-state index contributed by atoms with van der Waals surface area (Å²) >= 11 is 16.7. The van der Waals surface area contributed by atoms with Crippen LogP contribution >= 0.6 is 50.5 Å². The highest BCUT2D eigenvalue weighted by atomic mass is 79.9. The van der Waals surface area contributed by atoms with E-state index in [1.165, 1.54) is 11.3 Å². The van der Waals surface area contributed by atoms with Crippen LogP contribution in [-0.4, -0.2) is 18.7 Å². The van der Waals surface area contributed by atoms with Crippen LogP contribution in [0.3, 0.4) is 0 Å². The number of hydrazone groups is 1. The number of carbonyl (C=O) groups excluding carboxylic acids is 1. The highest BCUT2D eigenvalue weighted by Crippen LogP contribution is 2.27. The summed E-state index contributed by atoms with van der Waals surface area (Å²) < 4.78 is 6.52. The summed E-state index contributed by atoms with van der Waals surface area (Å²) in [6, 6.07) is 8.85. The minimum atomic E-state index is -0.164. The van der Waals surface area contributed by atoms with Gasteiger partial charge < -0.3 is 4.74 Å². The molecule has 1 heterocycles. The molecule has 0 saturated heterocycles. The first-order valence-electron chi connectivity index (χ1n) is 6.69. The quantitative estimate of drug-likeness (QED) is 0.372. The highest BCUT2D eigenvalue weighted by molar-refractivity contribution is 9.11. The minimum absolute atomic E-state index is 0.164. The van der Waals surface area contributed by atoms with Crippen molar-refractivity contribution < 1.29 is 9.53 Å². The number of hydrogen-bond acceptors (Lipinski definition) is 4. The Labute approximate surface area is 156 Å². The maximum Gasteiger partial charge on any atom is 0.240 e. The Hall–Kier alpha value is -1.08. The molecule has 0 spiro atoms. The van der Waals surface area contributed by atoms with Gasteiger partial charge in [0, 0.05) is 16.3 Å². The van der Waals surface area contributed by atoms with Gasteiger partial charge in [-0.15, -0.1) is 11.3 Å². The number of hydrogen-bond donors (Lipinski definition) is 1. The monoisotopic (exact) mass is 434 g/mol. The molecule has 0 aliphatic heterocycles. The van der Waals surface area contributed by atoms with Crippen molar-refractivity contribution in [2.75, 3.05) is 6.61 Å². The van der Waals surface area contributed by atoms with Gasteiger partial charge >= 0.3 is 0 Å². The average Bonchev–Trinajstić information content (AvgIpc) is 2.91. The predicted octanol–water partition coefficient (Wildman–Crippen LogP) is 5.13. The lowest BCUT2D eigenvalue weighted by molar-refractivity contribution is -0.121. The standard InChI is InChI=1S/C15H13BrCl2N2O2S/c16-14-6-4-11(23-14)9-19-20-15(21)2-1-7-22-13-5-3-10(17)8-12(13)18/h3-6,8-9H,1-2,7H2,(H,20,21). The largest absolute Gasteiger partial charge is 0.492 e. The van der Waals surface area contributed by atoms with Gasteiger partial charge in [-0.3, -0.25) is 4.79 Å². The molecule has 1 aromatic carbocycles. The number of benzene rings is 1. The molecule has 1 aromatic heterocycles. The van der Waals surface area contributed by atoms with Crippen molar-refractivity contribution in [3.8, 4) is 5.75 Å². The highest BCUT2D eigenvalue weighted by Gasteiger charge is 2.04. The molecular formula is C15H13BrCl2N2O2S. The van der Waals surface area contributed by atoms with Gasteiger partial charge in [0.25, 0.3) is 0 Å². The molecule has 0 fully saturated rings. The number of carbonyl (C=O) groups is 1. The van der Waals surface area contributed by atoms with Crippen molar-refractivity contribution in [2.45, 2.75) is 12.8 Å². The summed E-state index contributed by atoms with van der Waals surface area (Å²) in [5, 5.41) is 4.91. The fourth-order valence-electron chi connectivity index (χ4n) is 1.63. The van der Waals surface area contributed by atoms with E-state index < -0.39 is 0 Å². The molecular weight excluding hydrogens is 423 g/mol. The fourth-order valence-corrected chi connectivity index (χ4v) is 3.39. The number of rotatable bonds is 7. The fraction of sp³-hybridized carbons (Fsp3) is 0.200. The first kappa shape index (κ1) is 18.3. The Morgan fingerprint density at radius 3 is 2.87 bits per heavy atom. The van der Waals surface area contributed by atoms with Gasteiger partial charge in [-0.05, 0) is 52.7 Å². The molecule has 0 unspecified atom stereocenters. The zero-order valence-electron chi connectivity index (χ0n) is 11.9. The van der Waals surface area contributed by atoms with Gasteiger partial charge in [0.05, 0.1) is 21.6 Å². The van der Waals surface area contributed by atoms with E-state index >= 15 is 0 Å². The molecule has 0 aliphatic carbocycles. The van der Waals surface area contributed by atoms with Gasteiger partial charge in [-0.1, -0.05) is 23.2 Å². The Morgan fingerprint density at radius 2 is 2.17 bits per heavy atom. The van der Waals surface area contributed by atoms with Crippen LogP contribution in [0.4, 0.5) is 0 Å². The van der Waals surface area contributed by atoms with E-state index in [0.29, 0.717) is 35.2 Å². The second kappa shape index (κ2) is 9.27. The average molecular weight is 436 g/mol. The van der Waals surface area contributed by atoms with Gasteiger partial charge in [0.15, 0.2) is 0 Å². The van der Waals surface area contributed by atoms with Crippen LogP contribution in [0.15, 0.2) is 39.2 Å². The normalized spacial score (nSPS) is 10.9. The van der Waals surface area contributed by atoms with Crippen LogP contribution in [-0.2, 0) is 4.79 Å². The van der Waals surface area contributed by atoms with Crippen LogP contribution in [0.5, 0.6) is 5.75 Å². The van der Waals surface area contributed by atoms with Gasteiger partial charge in [0.1, 0.15) is 5.75 Å². The topological polar surface area (TPSA) is 50.7 Å². The molecule has 0 saturated carbocycles. The van der Waals surface area contributed by atoms with E-state index in [1.807, 2.05) is 12.1 Å². The Kier molecular flexibility index (Phi) is 7.36. The first-order valence-corrected chi connectivity index (χ1v) is 9.06. The number of nitrogens with zero attached hydrogens (tertiary/aromatic N) is 1. The van der Waals surface area contributed by atoms with Crippen LogP contribution in [0.2, 0.25) is 10.0 Å². The SMILES string of the molecule is O=C(CCCOc1ccc(Cl)cc1Cl)NN=Cc1ccc(Br)s1. The summed E-state index contributed by atoms with van der Waals surface area (Å²) in [5.74, 6) is 0.389. The molecule has 4 nitrogen and oxygen atoms in total. The Morgan fingerprint density at radius 1 is 1.35 bits per heavy atom. The Balaban J connectivity index is 1.65. The molecule has 0 aliphatic rings. The van der Waals surface area contributed by atoms with E-state index in [1.54, 1.807) is 24.4 Å². The summed E-state index contributed by atoms with van der Waals surface area (Å²) in [5.41, 5.74) is 2.48. The molecule has 0 radical (unpaired) electrons. The predicted molar refractivity (Wildman–Crippen MR) is 98.9 cm³/mol. The van der Waals surface area contributed by atoms with Crippen molar-refractivity contribution in [1.29, 1.82) is 0 Å². The van der Waals surface area contributed by atoms with Gasteiger partial charge in [-0.2, -0.15) is 5.10 Å². The van der Waals surface area contributed by atoms with Gasteiger partial charge in [0.2, 0.25) is 5.91 Å². The number of nitrogens with one attached hydrogen (secondary N) is 1. The van der Waals surface area contributed by atoms with Crippen LogP contribution in [0.1, 0.15) is 17.7 Å². The van der Waals surface area contributed by atoms with E-state index in [9.17, 15) is 4.79 Å². The van der Waals surface area contributed by atoms with Crippen molar-refractivity contribution in [2.24, 2.45) is 5.10 Å². The van der Waals surface area contributed by atoms with Crippen molar-refractivity contribution in [1.82, 2.24) is 5.43 Å². The third-order valence-electron chi connectivity index (χ3n) is 2.67. The number of thiophene rings is 1. The van der Waals surface area contributed by atoms with Crippen molar-refractivity contribution in [3.05, 3.63) is 49.0 Å². The number of halogens is 3. The molecule has 0 bridgehead atoms. The third-order valence-corrected chi connectivity index (χ3v) is 4.76. The molecule has 23 heavy (non-hydrogen) atoms. The summed E-state index contributed by atoms with van der Waals surface area (Å²) in [4.78, 5) is 12.6. The molecule has 8 heteroatoms. The van der Waals surface area contributed by atoms with Gasteiger partial charge in [-0.25, -0.2) is 5.43 Å². The molecule has 2 rings (SSSR count). The minimum Gasteiger partial charge on any atom is -0.492 e.